The summed E-state index contributed by atoms with van der Waals surface area (Å²) in [5.41, 5.74) is 3.24. The highest BCUT2D eigenvalue weighted by atomic mass is 35.5. The smallest absolute Gasteiger partial charge is 0.0742 e. The number of anilines is 1. The Hall–Kier alpha value is -0.550. The summed E-state index contributed by atoms with van der Waals surface area (Å²) in [5.74, 6) is 0. The summed E-state index contributed by atoms with van der Waals surface area (Å²) < 4.78 is 5.40. The van der Waals surface area contributed by atoms with Crippen LogP contribution < -0.4 is 4.72 Å². The molecular weight excluding hydrogens is 265 g/mol. The van der Waals surface area contributed by atoms with Crippen molar-refractivity contribution in [2.45, 2.75) is 6.54 Å². The Morgan fingerprint density at radius 3 is 3.00 bits per heavy atom. The Balaban J connectivity index is 2.32. The highest BCUT2D eigenvalue weighted by Crippen LogP contribution is 2.40. The minimum Gasteiger partial charge on any atom is -0.358 e. The number of benzene rings is 1. The van der Waals surface area contributed by atoms with Crippen molar-refractivity contribution in [3.63, 3.8) is 0 Å². The third-order valence-electron chi connectivity index (χ3n) is 2.64. The quantitative estimate of drug-likeness (QED) is 0.714. The number of nitrogens with one attached hydrogen (secondary N) is 2. The van der Waals surface area contributed by atoms with Crippen molar-refractivity contribution in [3.8, 4) is 0 Å². The molecule has 0 bridgehead atoms. The third kappa shape index (κ3) is 1.49. The lowest BCUT2D eigenvalue weighted by atomic mass is 10.1. The van der Waals surface area contributed by atoms with Gasteiger partial charge in [-0.25, -0.2) is 4.31 Å². The lowest BCUT2D eigenvalue weighted by molar-refractivity contribution is 0.562. The van der Waals surface area contributed by atoms with Gasteiger partial charge in [0.2, 0.25) is 0 Å². The van der Waals surface area contributed by atoms with E-state index in [2.05, 4.69) is 14.0 Å². The minimum atomic E-state index is 0.661. The van der Waals surface area contributed by atoms with Gasteiger partial charge in [0.25, 0.3) is 0 Å². The van der Waals surface area contributed by atoms with Crippen molar-refractivity contribution in [3.05, 3.63) is 27.9 Å². The van der Waals surface area contributed by atoms with Crippen LogP contribution in [-0.2, 0) is 6.54 Å². The van der Waals surface area contributed by atoms with E-state index in [-0.39, 0.29) is 0 Å². The molecule has 2 aromatic rings. The van der Waals surface area contributed by atoms with Gasteiger partial charge in [0.15, 0.2) is 0 Å². The zero-order valence-corrected chi connectivity index (χ0v) is 10.8. The van der Waals surface area contributed by atoms with Crippen LogP contribution in [0.15, 0.2) is 12.3 Å². The van der Waals surface area contributed by atoms with Crippen LogP contribution >= 0.6 is 35.3 Å². The highest BCUT2D eigenvalue weighted by molar-refractivity contribution is 7.98. The molecule has 1 aromatic heterocycles. The van der Waals surface area contributed by atoms with Crippen LogP contribution in [0.3, 0.4) is 0 Å². The van der Waals surface area contributed by atoms with Crippen LogP contribution in [-0.4, -0.2) is 16.3 Å². The van der Waals surface area contributed by atoms with E-state index in [4.69, 9.17) is 23.2 Å². The summed E-state index contributed by atoms with van der Waals surface area (Å²) in [4.78, 5) is 3.16. The molecule has 1 aliphatic heterocycles. The van der Waals surface area contributed by atoms with E-state index in [0.717, 1.165) is 23.1 Å². The predicted molar refractivity (Wildman–Crippen MR) is 71.0 cm³/mol. The van der Waals surface area contributed by atoms with Crippen molar-refractivity contribution in [1.82, 2.24) is 9.29 Å². The van der Waals surface area contributed by atoms with Gasteiger partial charge in [-0.15, -0.1) is 0 Å². The van der Waals surface area contributed by atoms with Gasteiger partial charge in [-0.1, -0.05) is 23.2 Å². The number of hydrogen-bond donors (Lipinski definition) is 2. The fourth-order valence-corrected chi connectivity index (χ4v) is 3.24. The summed E-state index contributed by atoms with van der Waals surface area (Å²) in [5, 5.41) is 2.25. The average Bonchev–Trinajstić information content (AvgIpc) is 2.61. The molecule has 3 rings (SSSR count). The molecule has 3 nitrogen and oxygen atoms in total. The van der Waals surface area contributed by atoms with Crippen molar-refractivity contribution in [2.24, 2.45) is 0 Å². The largest absolute Gasteiger partial charge is 0.358 e. The molecule has 0 fully saturated rings. The molecule has 0 radical (unpaired) electrons. The molecule has 1 aromatic carbocycles. The van der Waals surface area contributed by atoms with Gasteiger partial charge in [-0.2, -0.15) is 0 Å². The maximum Gasteiger partial charge on any atom is 0.0742 e. The van der Waals surface area contributed by atoms with Crippen LogP contribution in [0.4, 0.5) is 5.69 Å². The van der Waals surface area contributed by atoms with Crippen LogP contribution in [0.2, 0.25) is 10.0 Å². The molecule has 84 valence electrons. The molecule has 0 atom stereocenters. The van der Waals surface area contributed by atoms with Gasteiger partial charge in [0.1, 0.15) is 0 Å². The summed E-state index contributed by atoms with van der Waals surface area (Å²) in [6.07, 6.45) is 1.77. The molecule has 0 saturated carbocycles. The first-order valence-electron chi connectivity index (χ1n) is 4.79. The lowest BCUT2D eigenvalue weighted by Gasteiger charge is -2.25. The van der Waals surface area contributed by atoms with Crippen LogP contribution in [0.25, 0.3) is 10.9 Å². The van der Waals surface area contributed by atoms with Crippen LogP contribution in [0, 0.1) is 0 Å². The molecule has 1 aliphatic rings. The fraction of sp³-hybridized carbons (Fsp3) is 0.200. The third-order valence-corrected chi connectivity index (χ3v) is 3.97. The average molecular weight is 274 g/mol. The maximum absolute atomic E-state index is 6.23. The maximum atomic E-state index is 6.23. The molecule has 16 heavy (non-hydrogen) atoms. The van der Waals surface area contributed by atoms with E-state index >= 15 is 0 Å². The first-order chi connectivity index (χ1) is 7.66. The molecular formula is C10H9Cl2N3S. The standard InChI is InChI=1S/C10H9Cl2N3S/c1-15-4-5-2-6(11)8-7(12)3-13-10(8)9(5)14-16-15/h2-3,13-14H,4H2,1H3. The van der Waals surface area contributed by atoms with Gasteiger partial charge in [-0.3, -0.25) is 0 Å². The molecule has 0 saturated heterocycles. The molecule has 0 aliphatic carbocycles. The highest BCUT2D eigenvalue weighted by Gasteiger charge is 2.20. The zero-order chi connectivity index (χ0) is 11.3. The molecule has 2 N–H and O–H groups in total. The second kappa shape index (κ2) is 3.74. The molecule has 0 unspecified atom stereocenters. The van der Waals surface area contributed by atoms with Crippen LogP contribution in [0.5, 0.6) is 0 Å². The molecule has 2 heterocycles. The first-order valence-corrected chi connectivity index (χ1v) is 6.32. The Labute approximate surface area is 107 Å². The summed E-state index contributed by atoms with van der Waals surface area (Å²) in [7, 11) is 2.03. The van der Waals surface area contributed by atoms with E-state index < -0.39 is 0 Å². The molecule has 6 heteroatoms. The van der Waals surface area contributed by atoms with Crippen LogP contribution in [0.1, 0.15) is 5.56 Å². The normalized spacial score (nSPS) is 16.2. The summed E-state index contributed by atoms with van der Waals surface area (Å²) >= 11 is 13.9. The Bertz CT molecular complexity index is 567. The number of aromatic amines is 1. The Kier molecular flexibility index (Phi) is 2.47. The van der Waals surface area contributed by atoms with Gasteiger partial charge in [0.05, 0.1) is 21.2 Å². The Morgan fingerprint density at radius 1 is 1.38 bits per heavy atom. The van der Waals surface area contributed by atoms with E-state index in [1.54, 1.807) is 18.3 Å². The number of H-pyrrole nitrogens is 1. The SMILES string of the molecule is CN1Cc2cc(Cl)c3c(Cl)c[nH]c3c2NS1. The zero-order valence-electron chi connectivity index (χ0n) is 8.47. The van der Waals surface area contributed by atoms with E-state index in [9.17, 15) is 0 Å². The second-order valence-corrected chi connectivity index (χ2v) is 5.58. The van der Waals surface area contributed by atoms with E-state index in [1.165, 1.54) is 5.56 Å². The van der Waals surface area contributed by atoms with Gasteiger partial charge < -0.3 is 9.71 Å². The number of nitrogens with zero attached hydrogens (tertiary/aromatic N) is 1. The molecule has 0 spiro atoms. The molecule has 0 amide bonds. The number of hydrogen-bond acceptors (Lipinski definition) is 3. The summed E-state index contributed by atoms with van der Waals surface area (Å²) in [6, 6.07) is 1.97. The first kappa shape index (κ1) is 10.6. The number of aromatic nitrogens is 1. The number of halogens is 2. The number of fused-ring (bicyclic) bond motifs is 3. The van der Waals surface area contributed by atoms with Gasteiger partial charge in [0, 0.05) is 30.3 Å². The van der Waals surface area contributed by atoms with Gasteiger partial charge in [-0.05, 0) is 18.7 Å². The number of rotatable bonds is 0. The topological polar surface area (TPSA) is 31.1 Å². The van der Waals surface area contributed by atoms with Crippen molar-refractivity contribution in [1.29, 1.82) is 0 Å². The Morgan fingerprint density at radius 2 is 2.19 bits per heavy atom. The van der Waals surface area contributed by atoms with Crippen molar-refractivity contribution < 1.29 is 0 Å². The summed E-state index contributed by atoms with van der Waals surface area (Å²) in [6.45, 7) is 0.860. The van der Waals surface area contributed by atoms with E-state index in [0.29, 0.717) is 10.0 Å². The second-order valence-electron chi connectivity index (χ2n) is 3.76. The van der Waals surface area contributed by atoms with Crippen molar-refractivity contribution in [2.75, 3.05) is 11.8 Å². The lowest BCUT2D eigenvalue weighted by Crippen LogP contribution is -2.18. The predicted octanol–water partition coefficient (Wildman–Crippen LogP) is 3.90. The fourth-order valence-electron chi connectivity index (χ4n) is 1.92. The minimum absolute atomic E-state index is 0.661. The monoisotopic (exact) mass is 273 g/mol. The van der Waals surface area contributed by atoms with E-state index in [1.807, 2.05) is 13.1 Å². The van der Waals surface area contributed by atoms with Crippen molar-refractivity contribution >= 4 is 51.9 Å². The van der Waals surface area contributed by atoms with Gasteiger partial charge >= 0.3 is 0 Å².